The molecule has 0 fully saturated rings. The number of hydrogen-bond donors (Lipinski definition) is 3. The number of ether oxygens (including phenoxy) is 2. The van der Waals surface area contributed by atoms with Crippen molar-refractivity contribution in [2.45, 2.75) is 232 Å². The van der Waals surface area contributed by atoms with Gasteiger partial charge in [0.25, 0.3) is 0 Å². The highest BCUT2D eigenvalue weighted by molar-refractivity contribution is 7.47. The predicted molar refractivity (Wildman–Crippen MR) is 260 cm³/mol. The van der Waals surface area contributed by atoms with E-state index in [4.69, 9.17) is 23.6 Å². The van der Waals surface area contributed by atoms with Crippen molar-refractivity contribution in [2.24, 2.45) is 0 Å². The van der Waals surface area contributed by atoms with Crippen LogP contribution in [0.1, 0.15) is 219 Å². The average Bonchev–Trinajstić information content (AvgIpc) is 3.27. The van der Waals surface area contributed by atoms with Gasteiger partial charge in [-0.3, -0.25) is 18.6 Å². The minimum atomic E-state index is -4.63. The highest BCUT2D eigenvalue weighted by Gasteiger charge is 2.27. The number of rotatable bonds is 47. The van der Waals surface area contributed by atoms with Gasteiger partial charge in [0.15, 0.2) is 6.10 Å². The summed E-state index contributed by atoms with van der Waals surface area (Å²) in [5, 5.41) is 18.4. The van der Waals surface area contributed by atoms with Gasteiger partial charge in [-0.05, 0) is 83.5 Å². The van der Waals surface area contributed by atoms with E-state index in [-0.39, 0.29) is 19.4 Å². The maximum Gasteiger partial charge on any atom is 0.472 e. The van der Waals surface area contributed by atoms with Crippen molar-refractivity contribution in [1.29, 1.82) is 0 Å². The van der Waals surface area contributed by atoms with E-state index in [1.165, 1.54) is 122 Å². The van der Waals surface area contributed by atoms with E-state index in [0.717, 1.165) is 57.8 Å². The Morgan fingerprint density at radius 3 is 1.30 bits per heavy atom. The lowest BCUT2D eigenvalue weighted by molar-refractivity contribution is -0.161. The van der Waals surface area contributed by atoms with Crippen molar-refractivity contribution in [1.82, 2.24) is 0 Å². The number of phosphoric ester groups is 1. The Balaban J connectivity index is 4.25. The smallest absolute Gasteiger partial charge is 0.462 e. The number of carbonyl (C=O) groups is 2. The maximum atomic E-state index is 12.7. The highest BCUT2D eigenvalue weighted by Crippen LogP contribution is 2.43. The van der Waals surface area contributed by atoms with Gasteiger partial charge < -0.3 is 24.6 Å². The van der Waals surface area contributed by atoms with E-state index in [0.29, 0.717) is 12.8 Å². The van der Waals surface area contributed by atoms with Crippen LogP contribution in [0.4, 0.5) is 0 Å². The molecule has 0 radical (unpaired) electrons. The van der Waals surface area contributed by atoms with Crippen molar-refractivity contribution >= 4 is 19.8 Å². The van der Waals surface area contributed by atoms with E-state index in [1.807, 2.05) is 0 Å². The summed E-state index contributed by atoms with van der Waals surface area (Å²) in [5.74, 6) is -0.959. The Morgan fingerprint density at radius 2 is 0.825 bits per heavy atom. The first-order chi connectivity index (χ1) is 30.7. The molecule has 0 aromatic carbocycles. The fourth-order valence-electron chi connectivity index (χ4n) is 6.74. The number of phosphoric acid groups is 1. The van der Waals surface area contributed by atoms with Crippen molar-refractivity contribution in [2.75, 3.05) is 26.4 Å². The predicted octanol–water partition coefficient (Wildman–Crippen LogP) is 14.2. The van der Waals surface area contributed by atoms with Crippen molar-refractivity contribution in [3.8, 4) is 0 Å². The monoisotopic (exact) mass is 909 g/mol. The van der Waals surface area contributed by atoms with Crippen LogP contribution in [0.25, 0.3) is 0 Å². The molecule has 11 heteroatoms. The quantitative estimate of drug-likeness (QED) is 0.0233. The van der Waals surface area contributed by atoms with E-state index in [9.17, 15) is 24.2 Å². The summed E-state index contributed by atoms with van der Waals surface area (Å²) in [6.45, 7) is 2.33. The minimum absolute atomic E-state index is 0.145. The molecule has 0 aliphatic carbocycles. The molecule has 0 aromatic rings. The third-order valence-electron chi connectivity index (χ3n) is 10.6. The highest BCUT2D eigenvalue weighted by atomic mass is 31.2. The molecule has 0 spiro atoms. The van der Waals surface area contributed by atoms with Gasteiger partial charge in [0, 0.05) is 12.8 Å². The molecule has 0 amide bonds. The van der Waals surface area contributed by atoms with Gasteiger partial charge >= 0.3 is 19.8 Å². The number of aliphatic hydroxyl groups excluding tert-OH is 2. The fourth-order valence-corrected chi connectivity index (χ4v) is 7.53. The van der Waals surface area contributed by atoms with Crippen molar-refractivity contribution < 1.29 is 47.8 Å². The number of unbranched alkanes of at least 4 members (excludes halogenated alkanes) is 23. The van der Waals surface area contributed by atoms with Crippen LogP contribution >= 0.6 is 7.82 Å². The molecular weight excluding hydrogens is 816 g/mol. The Bertz CT molecular complexity index is 1230. The summed E-state index contributed by atoms with van der Waals surface area (Å²) >= 11 is 0. The minimum Gasteiger partial charge on any atom is -0.462 e. The van der Waals surface area contributed by atoms with Crippen molar-refractivity contribution in [3.63, 3.8) is 0 Å². The summed E-state index contributed by atoms with van der Waals surface area (Å²) in [6.07, 6.45) is 54.7. The van der Waals surface area contributed by atoms with Crippen LogP contribution in [0, 0.1) is 0 Å². The standard InChI is InChI=1S/C52H93O10P/c1-3-5-7-9-11-13-15-17-19-21-23-24-26-27-29-31-33-35-37-39-41-43-51(55)59-47-50(48-61-63(57,58)60-46-49(54)45-53)62-52(56)44-42-40-38-36-34-32-30-28-25-22-20-18-16-14-12-10-8-6-4-2/h12,14,17-20,25,28,32,34,49-50,53-54H,3-11,13,15-16,21-24,26-27,29-31,33,35-48H2,1-2H3,(H,57,58)/b14-12+,19-17+,20-18+,28-25+,34-32+/t49-,50+/m0/s1. The number of aliphatic hydroxyl groups is 2. The first kappa shape index (κ1) is 60.7. The molecule has 0 bridgehead atoms. The lowest BCUT2D eigenvalue weighted by Crippen LogP contribution is -2.29. The Kier molecular flexibility index (Phi) is 45.9. The SMILES string of the molecule is CCCCC/C=C/C/C=C/C/C=C/C/C=C/CCCCCC(=O)O[C@H](COC(=O)CCCCCCCCCCCCC/C=C/CCCCCCCC)COP(=O)(O)OC[C@@H](O)CO. The third-order valence-corrected chi connectivity index (χ3v) is 11.6. The molecule has 0 rings (SSSR count). The zero-order valence-electron chi connectivity index (χ0n) is 40.0. The molecule has 0 aliphatic heterocycles. The fraction of sp³-hybridized carbons (Fsp3) is 0.769. The van der Waals surface area contributed by atoms with E-state index in [2.05, 4.69) is 74.6 Å². The summed E-state index contributed by atoms with van der Waals surface area (Å²) in [6, 6.07) is 0. The number of allylic oxidation sites excluding steroid dienone is 10. The van der Waals surface area contributed by atoms with Crippen molar-refractivity contribution in [3.05, 3.63) is 60.8 Å². The second-order valence-electron chi connectivity index (χ2n) is 16.8. The zero-order valence-corrected chi connectivity index (χ0v) is 40.9. The first-order valence-corrected chi connectivity index (χ1v) is 26.7. The molecule has 3 N–H and O–H groups in total. The van der Waals surface area contributed by atoms with Crippen LogP contribution in [0.2, 0.25) is 0 Å². The molecule has 366 valence electrons. The largest absolute Gasteiger partial charge is 0.472 e. The molecule has 0 saturated heterocycles. The lowest BCUT2D eigenvalue weighted by atomic mass is 10.0. The average molecular weight is 909 g/mol. The number of esters is 2. The molecule has 3 atom stereocenters. The van der Waals surface area contributed by atoms with E-state index in [1.54, 1.807) is 0 Å². The topological polar surface area (TPSA) is 149 Å². The van der Waals surface area contributed by atoms with Crippen LogP contribution in [0.5, 0.6) is 0 Å². The van der Waals surface area contributed by atoms with Crippen LogP contribution in [-0.2, 0) is 32.7 Å². The summed E-state index contributed by atoms with van der Waals surface area (Å²) < 4.78 is 32.8. The molecule has 10 nitrogen and oxygen atoms in total. The van der Waals surface area contributed by atoms with Gasteiger partial charge in [0.1, 0.15) is 12.7 Å². The lowest BCUT2D eigenvalue weighted by Gasteiger charge is -2.20. The normalized spacial score (nSPS) is 14.2. The van der Waals surface area contributed by atoms with Gasteiger partial charge in [-0.15, -0.1) is 0 Å². The maximum absolute atomic E-state index is 12.7. The van der Waals surface area contributed by atoms with Gasteiger partial charge in [0.05, 0.1) is 19.8 Å². The van der Waals surface area contributed by atoms with E-state index >= 15 is 0 Å². The molecule has 0 saturated carbocycles. The molecule has 0 aromatic heterocycles. The number of hydrogen-bond acceptors (Lipinski definition) is 9. The summed E-state index contributed by atoms with van der Waals surface area (Å²) in [7, 11) is -4.63. The van der Waals surface area contributed by atoms with Gasteiger partial charge in [-0.25, -0.2) is 4.57 Å². The summed E-state index contributed by atoms with van der Waals surface area (Å²) in [4.78, 5) is 35.2. The van der Waals surface area contributed by atoms with Gasteiger partial charge in [-0.2, -0.15) is 0 Å². The second kappa shape index (κ2) is 47.6. The third kappa shape index (κ3) is 47.5. The van der Waals surface area contributed by atoms with Crippen LogP contribution < -0.4 is 0 Å². The zero-order chi connectivity index (χ0) is 46.2. The molecule has 1 unspecified atom stereocenters. The Morgan fingerprint density at radius 1 is 0.476 bits per heavy atom. The van der Waals surface area contributed by atoms with Crippen LogP contribution in [0.15, 0.2) is 60.8 Å². The van der Waals surface area contributed by atoms with Crippen LogP contribution in [0.3, 0.4) is 0 Å². The van der Waals surface area contributed by atoms with E-state index < -0.39 is 51.8 Å². The Labute approximate surface area is 385 Å². The second-order valence-corrected chi connectivity index (χ2v) is 18.3. The number of carbonyl (C=O) groups excluding carboxylic acids is 2. The molecular formula is C52H93O10P. The Hall–Kier alpha value is -2.33. The molecule has 63 heavy (non-hydrogen) atoms. The molecule has 0 heterocycles. The van der Waals surface area contributed by atoms with Gasteiger partial charge in [0.2, 0.25) is 0 Å². The molecule has 0 aliphatic rings. The van der Waals surface area contributed by atoms with Gasteiger partial charge in [-0.1, -0.05) is 184 Å². The van der Waals surface area contributed by atoms with Crippen LogP contribution in [-0.4, -0.2) is 65.7 Å². The summed E-state index contributed by atoms with van der Waals surface area (Å²) in [5.41, 5.74) is 0. The first-order valence-electron chi connectivity index (χ1n) is 25.2.